The first-order chi connectivity index (χ1) is 14.3. The van der Waals surface area contributed by atoms with E-state index in [0.717, 1.165) is 44.0 Å². The molecule has 146 valence electrons. The Balaban J connectivity index is 1.36. The maximum atomic E-state index is 12.2. The third-order valence-electron chi connectivity index (χ3n) is 4.36. The molecule has 8 heteroatoms. The van der Waals surface area contributed by atoms with Crippen molar-refractivity contribution in [2.24, 2.45) is 0 Å². The Morgan fingerprint density at radius 1 is 0.862 bits per heavy atom. The molecule has 4 aromatic rings. The van der Waals surface area contributed by atoms with Gasteiger partial charge in [0.25, 0.3) is 0 Å². The minimum absolute atomic E-state index is 0.0654. The quantitative estimate of drug-likeness (QED) is 0.397. The van der Waals surface area contributed by atoms with E-state index in [9.17, 15) is 4.39 Å². The fourth-order valence-corrected chi connectivity index (χ4v) is 4.65. The van der Waals surface area contributed by atoms with Crippen molar-refractivity contribution in [1.29, 1.82) is 0 Å². The summed E-state index contributed by atoms with van der Waals surface area (Å²) in [6.45, 7) is -0.179. The van der Waals surface area contributed by atoms with Gasteiger partial charge in [-0.15, -0.1) is 22.7 Å². The minimum atomic E-state index is -0.501. The summed E-state index contributed by atoms with van der Waals surface area (Å²) in [6, 6.07) is 13.3. The summed E-state index contributed by atoms with van der Waals surface area (Å²) >= 11 is 3.12. The number of alkyl halides is 1. The van der Waals surface area contributed by atoms with Crippen molar-refractivity contribution in [1.82, 2.24) is 9.97 Å². The zero-order valence-corrected chi connectivity index (χ0v) is 16.8. The normalized spacial score (nSPS) is 12.3. The van der Waals surface area contributed by atoms with E-state index in [4.69, 9.17) is 24.2 Å². The number of halogens is 1. The highest BCUT2D eigenvalue weighted by atomic mass is 32.1. The standard InChI is InChI=1S/C21H15FN2O3S2/c22-7-8-25-15-4-1-13(2-5-15)16-10-28-20(23-16)21-24-17(11-29-21)14-3-6-18-19(9-14)27-12-26-18/h1-6,9-11H,7-8,12H2. The summed E-state index contributed by atoms with van der Waals surface area (Å²) in [5.41, 5.74) is 3.72. The number of ether oxygens (including phenoxy) is 3. The van der Waals surface area contributed by atoms with Crippen LogP contribution in [0, 0.1) is 0 Å². The van der Waals surface area contributed by atoms with Crippen LogP contribution < -0.4 is 14.2 Å². The Hall–Kier alpha value is -2.97. The number of fused-ring (bicyclic) bond motifs is 1. The molecule has 0 atom stereocenters. The number of thiazole rings is 2. The van der Waals surface area contributed by atoms with Gasteiger partial charge in [-0.1, -0.05) is 0 Å². The molecule has 0 saturated heterocycles. The summed E-state index contributed by atoms with van der Waals surface area (Å²) in [6.07, 6.45) is 0. The molecule has 5 nitrogen and oxygen atoms in total. The van der Waals surface area contributed by atoms with Gasteiger partial charge in [0.05, 0.1) is 11.4 Å². The predicted molar refractivity (Wildman–Crippen MR) is 112 cm³/mol. The van der Waals surface area contributed by atoms with Gasteiger partial charge in [-0.3, -0.25) is 0 Å². The van der Waals surface area contributed by atoms with Crippen LogP contribution in [0.25, 0.3) is 32.5 Å². The number of aromatic nitrogens is 2. The lowest BCUT2D eigenvalue weighted by Gasteiger charge is -2.03. The van der Waals surface area contributed by atoms with Crippen molar-refractivity contribution in [3.05, 3.63) is 53.2 Å². The molecule has 5 rings (SSSR count). The Morgan fingerprint density at radius 2 is 1.52 bits per heavy atom. The number of benzene rings is 2. The van der Waals surface area contributed by atoms with Crippen LogP contribution in [0.3, 0.4) is 0 Å². The lowest BCUT2D eigenvalue weighted by molar-refractivity contribution is 0.174. The van der Waals surface area contributed by atoms with Gasteiger partial charge in [-0.25, -0.2) is 14.4 Å². The summed E-state index contributed by atoms with van der Waals surface area (Å²) in [5.74, 6) is 2.15. The molecule has 0 aliphatic carbocycles. The van der Waals surface area contributed by atoms with E-state index in [-0.39, 0.29) is 13.4 Å². The molecule has 29 heavy (non-hydrogen) atoms. The average Bonchev–Trinajstić information content (AvgIpc) is 3.52. The molecule has 2 aromatic heterocycles. The highest BCUT2D eigenvalue weighted by molar-refractivity contribution is 7.20. The van der Waals surface area contributed by atoms with Gasteiger partial charge < -0.3 is 14.2 Å². The van der Waals surface area contributed by atoms with Gasteiger partial charge in [-0.05, 0) is 42.5 Å². The summed E-state index contributed by atoms with van der Waals surface area (Å²) in [7, 11) is 0. The lowest BCUT2D eigenvalue weighted by Crippen LogP contribution is -1.98. The van der Waals surface area contributed by atoms with Gasteiger partial charge >= 0.3 is 0 Å². The van der Waals surface area contributed by atoms with Gasteiger partial charge in [-0.2, -0.15) is 0 Å². The molecule has 1 aliphatic rings. The smallest absolute Gasteiger partial charge is 0.231 e. The van der Waals surface area contributed by atoms with Gasteiger partial charge in [0.15, 0.2) is 21.5 Å². The largest absolute Gasteiger partial charge is 0.491 e. The topological polar surface area (TPSA) is 53.5 Å². The molecule has 0 unspecified atom stereocenters. The van der Waals surface area contributed by atoms with Gasteiger partial charge in [0.1, 0.15) is 19.0 Å². The van der Waals surface area contributed by atoms with Crippen LogP contribution in [-0.2, 0) is 0 Å². The summed E-state index contributed by atoms with van der Waals surface area (Å²) in [4.78, 5) is 9.47. The fourth-order valence-electron chi connectivity index (χ4n) is 2.94. The van der Waals surface area contributed by atoms with E-state index in [1.54, 1.807) is 22.7 Å². The van der Waals surface area contributed by atoms with Crippen LogP contribution in [0.2, 0.25) is 0 Å². The van der Waals surface area contributed by atoms with Crippen molar-refractivity contribution in [3.8, 4) is 49.8 Å². The maximum absolute atomic E-state index is 12.2. The van der Waals surface area contributed by atoms with Crippen molar-refractivity contribution >= 4 is 22.7 Å². The molecule has 0 saturated carbocycles. The molecule has 0 radical (unpaired) electrons. The molecule has 0 bridgehead atoms. The van der Waals surface area contributed by atoms with Crippen LogP contribution in [0.5, 0.6) is 17.2 Å². The number of nitrogens with zero attached hydrogens (tertiary/aromatic N) is 2. The van der Waals surface area contributed by atoms with Crippen molar-refractivity contribution in [3.63, 3.8) is 0 Å². The van der Waals surface area contributed by atoms with E-state index in [1.165, 1.54) is 0 Å². The number of hydrogen-bond donors (Lipinski definition) is 0. The average molecular weight is 426 g/mol. The van der Waals surface area contributed by atoms with Crippen molar-refractivity contribution in [2.45, 2.75) is 0 Å². The van der Waals surface area contributed by atoms with Crippen molar-refractivity contribution in [2.75, 3.05) is 20.1 Å². The van der Waals surface area contributed by atoms with Crippen LogP contribution in [-0.4, -0.2) is 30.0 Å². The SMILES string of the molecule is FCCOc1ccc(-c2csc(-c3nc(-c4ccc5c(c4)OCO5)cs3)n2)cc1. The van der Waals surface area contributed by atoms with Crippen molar-refractivity contribution < 1.29 is 18.6 Å². The van der Waals surface area contributed by atoms with E-state index >= 15 is 0 Å². The van der Waals surface area contributed by atoms with E-state index in [2.05, 4.69) is 0 Å². The van der Waals surface area contributed by atoms with E-state index < -0.39 is 6.67 Å². The molecule has 1 aliphatic heterocycles. The Bertz CT molecular complexity index is 1140. The van der Waals surface area contributed by atoms with Crippen LogP contribution in [0.4, 0.5) is 4.39 Å². The first kappa shape index (κ1) is 18.1. The lowest BCUT2D eigenvalue weighted by atomic mass is 10.1. The summed E-state index contributed by atoms with van der Waals surface area (Å²) < 4.78 is 28.3. The number of rotatable bonds is 6. The predicted octanol–water partition coefficient (Wildman–Crippen LogP) is 5.68. The first-order valence-corrected chi connectivity index (χ1v) is 10.7. The Morgan fingerprint density at radius 3 is 2.24 bits per heavy atom. The molecule has 0 N–H and O–H groups in total. The fraction of sp³-hybridized carbons (Fsp3) is 0.143. The highest BCUT2D eigenvalue weighted by Crippen LogP contribution is 2.38. The zero-order valence-electron chi connectivity index (χ0n) is 15.1. The zero-order chi connectivity index (χ0) is 19.6. The van der Waals surface area contributed by atoms with E-state index in [0.29, 0.717) is 5.75 Å². The third-order valence-corrected chi connectivity index (χ3v) is 6.18. The third kappa shape index (κ3) is 3.68. The second-order valence-corrected chi connectivity index (χ2v) is 7.92. The van der Waals surface area contributed by atoms with Gasteiger partial charge in [0.2, 0.25) is 6.79 Å². The monoisotopic (exact) mass is 426 g/mol. The second-order valence-electron chi connectivity index (χ2n) is 6.21. The summed E-state index contributed by atoms with van der Waals surface area (Å²) in [5, 5.41) is 5.77. The Kier molecular flexibility index (Phi) is 4.87. The molecular formula is C21H15FN2O3S2. The molecule has 0 fully saturated rings. The van der Waals surface area contributed by atoms with Crippen LogP contribution in [0.1, 0.15) is 0 Å². The molecule has 0 amide bonds. The molecule has 3 heterocycles. The Labute approximate surface area is 174 Å². The maximum Gasteiger partial charge on any atom is 0.231 e. The van der Waals surface area contributed by atoms with Crippen LogP contribution >= 0.6 is 22.7 Å². The van der Waals surface area contributed by atoms with Crippen LogP contribution in [0.15, 0.2) is 53.2 Å². The van der Waals surface area contributed by atoms with Gasteiger partial charge in [0, 0.05) is 21.9 Å². The second kappa shape index (κ2) is 7.81. The highest BCUT2D eigenvalue weighted by Gasteiger charge is 2.16. The molecular weight excluding hydrogens is 411 g/mol. The van der Waals surface area contributed by atoms with E-state index in [1.807, 2.05) is 53.2 Å². The number of hydrogen-bond acceptors (Lipinski definition) is 7. The molecule has 2 aromatic carbocycles. The molecule has 0 spiro atoms. The minimum Gasteiger partial charge on any atom is -0.491 e. The first-order valence-electron chi connectivity index (χ1n) is 8.91.